The number of aliphatic hydroxyl groups is 1. The summed E-state index contributed by atoms with van der Waals surface area (Å²) in [7, 11) is 0. The van der Waals surface area contributed by atoms with Gasteiger partial charge in [-0.1, -0.05) is 12.1 Å². The first-order valence-electron chi connectivity index (χ1n) is 6.07. The fourth-order valence-electron chi connectivity index (χ4n) is 2.75. The number of hydrogen-bond acceptors (Lipinski definition) is 2. The molecule has 106 valence electrons. The first-order valence-corrected chi connectivity index (χ1v) is 6.07. The summed E-state index contributed by atoms with van der Waals surface area (Å²) in [6, 6.07) is 3.19. The van der Waals surface area contributed by atoms with Gasteiger partial charge in [-0.25, -0.2) is 4.39 Å². The van der Waals surface area contributed by atoms with Crippen LogP contribution < -0.4 is 5.73 Å². The molecule has 0 aliphatic heterocycles. The van der Waals surface area contributed by atoms with Crippen LogP contribution in [0.15, 0.2) is 18.2 Å². The minimum atomic E-state index is -4.80. The van der Waals surface area contributed by atoms with E-state index in [1.165, 1.54) is 12.1 Å². The molecule has 0 saturated heterocycles. The summed E-state index contributed by atoms with van der Waals surface area (Å²) < 4.78 is 52.4. The second-order valence-corrected chi connectivity index (χ2v) is 5.07. The van der Waals surface area contributed by atoms with Crippen LogP contribution in [0.4, 0.5) is 17.6 Å². The van der Waals surface area contributed by atoms with E-state index in [0.29, 0.717) is 19.3 Å². The highest BCUT2D eigenvalue weighted by molar-refractivity contribution is 5.37. The van der Waals surface area contributed by atoms with Gasteiger partial charge in [-0.05, 0) is 37.3 Å². The first kappa shape index (κ1) is 14.3. The SMILES string of the molecule is NC1(c2cccc(F)c2C(F)(F)F)CCCC(O)C1. The highest BCUT2D eigenvalue weighted by Crippen LogP contribution is 2.42. The van der Waals surface area contributed by atoms with Crippen molar-refractivity contribution in [1.29, 1.82) is 0 Å². The molecule has 19 heavy (non-hydrogen) atoms. The van der Waals surface area contributed by atoms with Crippen LogP contribution in [0.5, 0.6) is 0 Å². The molecule has 0 bridgehead atoms. The summed E-state index contributed by atoms with van der Waals surface area (Å²) in [6.45, 7) is 0. The summed E-state index contributed by atoms with van der Waals surface area (Å²) in [5, 5.41) is 9.61. The van der Waals surface area contributed by atoms with E-state index in [0.717, 1.165) is 6.07 Å². The predicted molar refractivity (Wildman–Crippen MR) is 61.7 cm³/mol. The molecule has 3 N–H and O–H groups in total. The van der Waals surface area contributed by atoms with Crippen molar-refractivity contribution in [3.8, 4) is 0 Å². The summed E-state index contributed by atoms with van der Waals surface area (Å²) >= 11 is 0. The molecule has 0 radical (unpaired) electrons. The van der Waals surface area contributed by atoms with Gasteiger partial charge >= 0.3 is 6.18 Å². The zero-order chi connectivity index (χ0) is 14.3. The van der Waals surface area contributed by atoms with Gasteiger partial charge in [0.15, 0.2) is 0 Å². The van der Waals surface area contributed by atoms with Gasteiger partial charge in [0.25, 0.3) is 0 Å². The molecule has 2 unspecified atom stereocenters. The molecule has 1 aliphatic rings. The van der Waals surface area contributed by atoms with Crippen molar-refractivity contribution in [1.82, 2.24) is 0 Å². The zero-order valence-corrected chi connectivity index (χ0v) is 10.2. The average molecular weight is 277 g/mol. The summed E-state index contributed by atoms with van der Waals surface area (Å²) in [4.78, 5) is 0. The number of nitrogens with two attached hydrogens (primary N) is 1. The van der Waals surface area contributed by atoms with Gasteiger partial charge in [-0.3, -0.25) is 0 Å². The maximum atomic E-state index is 13.5. The van der Waals surface area contributed by atoms with E-state index in [2.05, 4.69) is 0 Å². The van der Waals surface area contributed by atoms with Crippen molar-refractivity contribution in [2.45, 2.75) is 43.5 Å². The van der Waals surface area contributed by atoms with E-state index in [-0.39, 0.29) is 12.0 Å². The van der Waals surface area contributed by atoms with Crippen LogP contribution in [0.2, 0.25) is 0 Å². The van der Waals surface area contributed by atoms with Gasteiger partial charge in [-0.2, -0.15) is 13.2 Å². The summed E-state index contributed by atoms with van der Waals surface area (Å²) in [5.74, 6) is -1.32. The van der Waals surface area contributed by atoms with Crippen molar-refractivity contribution in [3.05, 3.63) is 35.1 Å². The monoisotopic (exact) mass is 277 g/mol. The van der Waals surface area contributed by atoms with E-state index >= 15 is 0 Å². The van der Waals surface area contributed by atoms with Crippen LogP contribution in [0.25, 0.3) is 0 Å². The average Bonchev–Trinajstić information content (AvgIpc) is 2.26. The topological polar surface area (TPSA) is 46.2 Å². The maximum Gasteiger partial charge on any atom is 0.419 e. The molecule has 1 aromatic rings. The lowest BCUT2D eigenvalue weighted by atomic mass is 9.74. The minimum absolute atomic E-state index is 0.0134. The molecule has 2 nitrogen and oxygen atoms in total. The van der Waals surface area contributed by atoms with Crippen molar-refractivity contribution in [2.24, 2.45) is 5.73 Å². The van der Waals surface area contributed by atoms with E-state index in [1.54, 1.807) is 0 Å². The number of halogens is 4. The quantitative estimate of drug-likeness (QED) is 0.775. The summed E-state index contributed by atoms with van der Waals surface area (Å²) in [6.07, 6.45) is -4.20. The van der Waals surface area contributed by atoms with Crippen LogP contribution >= 0.6 is 0 Å². The molecule has 2 atom stereocenters. The number of rotatable bonds is 1. The highest BCUT2D eigenvalue weighted by atomic mass is 19.4. The first-order chi connectivity index (χ1) is 8.74. The Kier molecular flexibility index (Phi) is 3.57. The van der Waals surface area contributed by atoms with Gasteiger partial charge in [0.05, 0.1) is 11.7 Å². The van der Waals surface area contributed by atoms with Crippen molar-refractivity contribution in [2.75, 3.05) is 0 Å². The second kappa shape index (κ2) is 4.76. The lowest BCUT2D eigenvalue weighted by Gasteiger charge is -2.38. The molecule has 0 heterocycles. The van der Waals surface area contributed by atoms with Gasteiger partial charge in [0.1, 0.15) is 5.82 Å². The third kappa shape index (κ3) is 2.74. The molecule has 0 aromatic heterocycles. The zero-order valence-electron chi connectivity index (χ0n) is 10.2. The van der Waals surface area contributed by atoms with Crippen LogP contribution in [-0.2, 0) is 11.7 Å². The normalized spacial score (nSPS) is 28.4. The number of hydrogen-bond donors (Lipinski definition) is 2. The molecular weight excluding hydrogens is 262 g/mol. The Morgan fingerprint density at radius 2 is 2.00 bits per heavy atom. The van der Waals surface area contributed by atoms with Gasteiger partial charge < -0.3 is 10.8 Å². The van der Waals surface area contributed by atoms with E-state index in [9.17, 15) is 22.7 Å². The molecule has 1 aliphatic carbocycles. The van der Waals surface area contributed by atoms with E-state index < -0.39 is 29.2 Å². The standard InChI is InChI=1S/C13H15F4NO/c14-10-5-1-4-9(11(10)13(15,16)17)12(18)6-2-3-8(19)7-12/h1,4-5,8,19H,2-3,6-7,18H2. The Balaban J connectivity index is 2.53. The van der Waals surface area contributed by atoms with Crippen LogP contribution in [0.1, 0.15) is 36.8 Å². The number of aliphatic hydroxyl groups excluding tert-OH is 1. The number of benzene rings is 1. The molecule has 1 aromatic carbocycles. The molecule has 1 saturated carbocycles. The number of alkyl halides is 3. The molecule has 2 rings (SSSR count). The molecule has 0 spiro atoms. The Hall–Kier alpha value is -1.14. The third-order valence-corrected chi connectivity index (χ3v) is 3.59. The lowest BCUT2D eigenvalue weighted by molar-refractivity contribution is -0.141. The Morgan fingerprint density at radius 1 is 1.32 bits per heavy atom. The Labute approximate surface area is 108 Å². The lowest BCUT2D eigenvalue weighted by Crippen LogP contribution is -2.44. The molecular formula is C13H15F4NO. The third-order valence-electron chi connectivity index (χ3n) is 3.59. The molecule has 0 amide bonds. The minimum Gasteiger partial charge on any atom is -0.393 e. The fraction of sp³-hybridized carbons (Fsp3) is 0.538. The smallest absolute Gasteiger partial charge is 0.393 e. The largest absolute Gasteiger partial charge is 0.419 e. The van der Waals surface area contributed by atoms with Crippen molar-refractivity contribution >= 4 is 0 Å². The molecule has 1 fully saturated rings. The Bertz CT molecular complexity index is 474. The van der Waals surface area contributed by atoms with Gasteiger partial charge in [-0.15, -0.1) is 0 Å². The highest BCUT2D eigenvalue weighted by Gasteiger charge is 2.43. The Morgan fingerprint density at radius 3 is 2.58 bits per heavy atom. The maximum absolute atomic E-state index is 13.5. The van der Waals surface area contributed by atoms with E-state index in [1.807, 2.05) is 0 Å². The fourth-order valence-corrected chi connectivity index (χ4v) is 2.75. The second-order valence-electron chi connectivity index (χ2n) is 5.07. The van der Waals surface area contributed by atoms with Crippen LogP contribution in [-0.4, -0.2) is 11.2 Å². The summed E-state index contributed by atoms with van der Waals surface area (Å²) in [5.41, 5.74) is 3.10. The predicted octanol–water partition coefficient (Wildman–Crippen LogP) is 2.93. The van der Waals surface area contributed by atoms with Gasteiger partial charge in [0.2, 0.25) is 0 Å². The molecule has 6 heteroatoms. The van der Waals surface area contributed by atoms with Crippen LogP contribution in [0, 0.1) is 5.82 Å². The van der Waals surface area contributed by atoms with Gasteiger partial charge in [0, 0.05) is 5.54 Å². The van der Waals surface area contributed by atoms with Crippen LogP contribution in [0.3, 0.4) is 0 Å². The van der Waals surface area contributed by atoms with Crippen molar-refractivity contribution < 1.29 is 22.7 Å². The van der Waals surface area contributed by atoms with Crippen molar-refractivity contribution in [3.63, 3.8) is 0 Å². The van der Waals surface area contributed by atoms with E-state index in [4.69, 9.17) is 5.73 Å².